The first-order valence-electron chi connectivity index (χ1n) is 12.0. The van der Waals surface area contributed by atoms with E-state index in [1.807, 2.05) is 18.2 Å². The summed E-state index contributed by atoms with van der Waals surface area (Å²) in [5.41, 5.74) is 15.0. The summed E-state index contributed by atoms with van der Waals surface area (Å²) in [6.45, 7) is 1.12. The minimum Gasteiger partial charge on any atom is -0.446 e. The van der Waals surface area contributed by atoms with Gasteiger partial charge in [0.2, 0.25) is 5.95 Å². The quantitative estimate of drug-likeness (QED) is 0.509. The molecule has 0 radical (unpaired) electrons. The zero-order valence-corrected chi connectivity index (χ0v) is 19.1. The van der Waals surface area contributed by atoms with Crippen LogP contribution in [-0.2, 0) is 17.7 Å². The van der Waals surface area contributed by atoms with Crippen molar-refractivity contribution < 1.29 is 14.3 Å². The lowest BCUT2D eigenvalue weighted by molar-refractivity contribution is 0.0915. The molecule has 2 amide bonds. The van der Waals surface area contributed by atoms with Gasteiger partial charge in [0.1, 0.15) is 17.5 Å². The Labute approximate surface area is 198 Å². The van der Waals surface area contributed by atoms with E-state index in [2.05, 4.69) is 20.6 Å². The Bertz CT molecular complexity index is 1090. The number of amides is 2. The van der Waals surface area contributed by atoms with Gasteiger partial charge in [-0.05, 0) is 55.4 Å². The summed E-state index contributed by atoms with van der Waals surface area (Å²) >= 11 is 0. The predicted molar refractivity (Wildman–Crippen MR) is 128 cm³/mol. The fourth-order valence-corrected chi connectivity index (χ4v) is 4.56. The molecular weight excluding hydrogens is 434 g/mol. The average Bonchev–Trinajstić information content (AvgIpc) is 3.64. The van der Waals surface area contributed by atoms with Gasteiger partial charge in [0.05, 0.1) is 0 Å². The first kappa shape index (κ1) is 22.4. The van der Waals surface area contributed by atoms with Crippen LogP contribution in [0.2, 0.25) is 0 Å². The van der Waals surface area contributed by atoms with Crippen molar-refractivity contribution in [1.29, 1.82) is 0 Å². The van der Waals surface area contributed by atoms with Crippen LogP contribution in [0.3, 0.4) is 0 Å². The summed E-state index contributed by atoms with van der Waals surface area (Å²) in [5.74, 6) is 0.118. The topological polar surface area (TPSA) is 148 Å². The lowest BCUT2D eigenvalue weighted by Gasteiger charge is -2.29. The van der Waals surface area contributed by atoms with Crippen LogP contribution in [0.1, 0.15) is 60.0 Å². The zero-order valence-electron chi connectivity index (χ0n) is 19.1. The number of aromatic nitrogens is 2. The van der Waals surface area contributed by atoms with E-state index < -0.39 is 5.91 Å². The van der Waals surface area contributed by atoms with Crippen molar-refractivity contribution in [1.82, 2.24) is 14.9 Å². The summed E-state index contributed by atoms with van der Waals surface area (Å²) in [6.07, 6.45) is 8.08. The molecule has 0 bridgehead atoms. The number of nitrogens with one attached hydrogen (secondary N) is 2. The summed E-state index contributed by atoms with van der Waals surface area (Å²) in [6, 6.07) is 6.08. The molecule has 0 spiro atoms. The van der Waals surface area contributed by atoms with E-state index in [1.54, 1.807) is 4.90 Å². The number of primary amides is 1. The Balaban J connectivity index is 1.33. The number of rotatable bonds is 6. The first-order chi connectivity index (χ1) is 16.5. The molecule has 2 heterocycles. The Hall–Kier alpha value is -3.40. The molecule has 2 aliphatic carbocycles. The van der Waals surface area contributed by atoms with Crippen molar-refractivity contribution in [3.8, 4) is 0 Å². The van der Waals surface area contributed by atoms with E-state index in [4.69, 9.17) is 16.2 Å². The normalized spacial score (nSPS) is 22.0. The fourth-order valence-electron chi connectivity index (χ4n) is 4.56. The van der Waals surface area contributed by atoms with Crippen molar-refractivity contribution in [2.45, 2.75) is 69.7 Å². The third-order valence-corrected chi connectivity index (χ3v) is 6.72. The van der Waals surface area contributed by atoms with Gasteiger partial charge in [-0.3, -0.25) is 4.79 Å². The monoisotopic (exact) mass is 465 g/mol. The molecule has 1 aromatic heterocycles. The molecule has 34 heavy (non-hydrogen) atoms. The van der Waals surface area contributed by atoms with E-state index in [9.17, 15) is 9.59 Å². The standard InChI is InChI=1S/C24H31N7O3/c25-19-3-1-2-4-20(19)29-23-27-12-18(21(26)32)22(30-23)28-16-6-5-14-9-10-31(13-15(14)11-16)24(33)34-17-7-8-17/h5-6,11-12,17,19-20H,1-4,7-10,13,25H2,(H2,26,32)(H2,27,28,29,30)/t19-,20+/m0/s1. The molecule has 2 atom stereocenters. The van der Waals surface area contributed by atoms with Crippen molar-refractivity contribution in [3.05, 3.63) is 41.1 Å². The number of carbonyl (C=O) groups excluding carboxylic acids is 2. The highest BCUT2D eigenvalue weighted by Gasteiger charge is 2.30. The predicted octanol–water partition coefficient (Wildman–Crippen LogP) is 2.66. The SMILES string of the molecule is NC(=O)c1cnc(N[C@@H]2CCCC[C@@H]2N)nc1Nc1ccc2c(c1)CN(C(=O)OC1CC1)CC2. The van der Waals surface area contributed by atoms with Crippen molar-refractivity contribution in [3.63, 3.8) is 0 Å². The van der Waals surface area contributed by atoms with Crippen molar-refractivity contribution in [2.24, 2.45) is 11.5 Å². The van der Waals surface area contributed by atoms with Gasteiger partial charge in [-0.25, -0.2) is 9.78 Å². The largest absolute Gasteiger partial charge is 0.446 e. The van der Waals surface area contributed by atoms with E-state index in [-0.39, 0.29) is 29.8 Å². The molecule has 10 nitrogen and oxygen atoms in total. The van der Waals surface area contributed by atoms with Crippen LogP contribution in [-0.4, -0.2) is 51.6 Å². The van der Waals surface area contributed by atoms with E-state index in [0.29, 0.717) is 24.9 Å². The second-order valence-electron chi connectivity index (χ2n) is 9.38. The van der Waals surface area contributed by atoms with Gasteiger partial charge in [-0.15, -0.1) is 0 Å². The van der Waals surface area contributed by atoms with Crippen LogP contribution in [0.25, 0.3) is 0 Å². The van der Waals surface area contributed by atoms with Gasteiger partial charge in [-0.2, -0.15) is 4.98 Å². The number of ether oxygens (including phenoxy) is 1. The van der Waals surface area contributed by atoms with Crippen molar-refractivity contribution in [2.75, 3.05) is 17.2 Å². The van der Waals surface area contributed by atoms with Crippen LogP contribution >= 0.6 is 0 Å². The van der Waals surface area contributed by atoms with Gasteiger partial charge in [0.15, 0.2) is 0 Å². The molecule has 0 unspecified atom stereocenters. The van der Waals surface area contributed by atoms with E-state index >= 15 is 0 Å². The number of fused-ring (bicyclic) bond motifs is 1. The molecule has 6 N–H and O–H groups in total. The Morgan fingerprint density at radius 2 is 1.94 bits per heavy atom. The lowest BCUT2D eigenvalue weighted by Crippen LogP contribution is -2.43. The minimum atomic E-state index is -0.615. The van der Waals surface area contributed by atoms with Crippen LogP contribution in [0, 0.1) is 0 Å². The highest BCUT2D eigenvalue weighted by molar-refractivity contribution is 5.98. The zero-order chi connectivity index (χ0) is 23.7. The maximum absolute atomic E-state index is 12.4. The molecule has 1 aromatic carbocycles. The highest BCUT2D eigenvalue weighted by Crippen LogP contribution is 2.29. The molecule has 180 valence electrons. The Kier molecular flexibility index (Phi) is 6.23. The number of nitrogens with two attached hydrogens (primary N) is 2. The van der Waals surface area contributed by atoms with Gasteiger partial charge in [0.25, 0.3) is 5.91 Å². The molecule has 0 saturated heterocycles. The molecule has 10 heteroatoms. The van der Waals surface area contributed by atoms with Crippen LogP contribution < -0.4 is 22.1 Å². The molecule has 2 saturated carbocycles. The second kappa shape index (κ2) is 9.46. The molecule has 3 aliphatic rings. The number of benzene rings is 1. The minimum absolute atomic E-state index is 0.0415. The third kappa shape index (κ3) is 5.06. The maximum atomic E-state index is 12.4. The summed E-state index contributed by atoms with van der Waals surface area (Å²) in [4.78, 5) is 35.0. The second-order valence-corrected chi connectivity index (χ2v) is 9.38. The summed E-state index contributed by atoms with van der Waals surface area (Å²) in [7, 11) is 0. The lowest BCUT2D eigenvalue weighted by atomic mass is 9.91. The number of carbonyl (C=O) groups is 2. The van der Waals surface area contributed by atoms with Gasteiger partial charge in [-0.1, -0.05) is 18.9 Å². The number of nitrogens with zero attached hydrogens (tertiary/aromatic N) is 3. The number of anilines is 3. The van der Waals surface area contributed by atoms with Crippen molar-refractivity contribution >= 4 is 29.5 Å². The Morgan fingerprint density at radius 1 is 1.12 bits per heavy atom. The smallest absolute Gasteiger partial charge is 0.410 e. The molecule has 1 aliphatic heterocycles. The molecule has 2 fully saturated rings. The van der Waals surface area contributed by atoms with E-state index in [1.165, 1.54) is 11.8 Å². The Morgan fingerprint density at radius 3 is 2.71 bits per heavy atom. The summed E-state index contributed by atoms with van der Waals surface area (Å²) < 4.78 is 5.45. The number of hydrogen-bond donors (Lipinski definition) is 4. The van der Waals surface area contributed by atoms with Gasteiger partial charge in [0, 0.05) is 37.1 Å². The molecule has 5 rings (SSSR count). The van der Waals surface area contributed by atoms with Crippen LogP contribution in [0.15, 0.2) is 24.4 Å². The van der Waals surface area contributed by atoms with E-state index in [0.717, 1.165) is 56.2 Å². The summed E-state index contributed by atoms with van der Waals surface area (Å²) in [5, 5.41) is 6.54. The van der Waals surface area contributed by atoms with Gasteiger partial charge >= 0.3 is 6.09 Å². The first-order valence-corrected chi connectivity index (χ1v) is 12.0. The maximum Gasteiger partial charge on any atom is 0.410 e. The molecular formula is C24H31N7O3. The third-order valence-electron chi connectivity index (χ3n) is 6.72. The number of hydrogen-bond acceptors (Lipinski definition) is 8. The average molecular weight is 466 g/mol. The van der Waals surface area contributed by atoms with Gasteiger partial charge < -0.3 is 31.7 Å². The fraction of sp³-hybridized carbons (Fsp3) is 0.500. The highest BCUT2D eigenvalue weighted by atomic mass is 16.6. The van der Waals surface area contributed by atoms with Crippen LogP contribution in [0.5, 0.6) is 0 Å². The molecule has 2 aromatic rings. The van der Waals surface area contributed by atoms with Crippen LogP contribution in [0.4, 0.5) is 22.2 Å².